The summed E-state index contributed by atoms with van der Waals surface area (Å²) in [6.07, 6.45) is 1.63. The van der Waals surface area contributed by atoms with Crippen LogP contribution in [-0.4, -0.2) is 49.6 Å². The molecule has 1 aromatic rings. The fraction of sp³-hybridized carbons (Fsp3) is 0.500. The monoisotopic (exact) mass is 341 g/mol. The summed E-state index contributed by atoms with van der Waals surface area (Å²) >= 11 is 0. The molecule has 128 valence electrons. The Balaban J connectivity index is 3.27. The summed E-state index contributed by atoms with van der Waals surface area (Å²) in [5, 5.41) is 8.97. The number of benzene rings is 1. The normalized spacial score (nSPS) is 11.5. The third-order valence-corrected chi connectivity index (χ3v) is 4.47. The van der Waals surface area contributed by atoms with Crippen LogP contribution in [-0.2, 0) is 21.1 Å². The van der Waals surface area contributed by atoms with Gasteiger partial charge in [0, 0.05) is 18.4 Å². The maximum Gasteiger partial charge on any atom is 0.323 e. The molecule has 1 aromatic carbocycles. The number of carbonyl (C=O) groups is 2. The molecule has 0 aliphatic rings. The first-order chi connectivity index (χ1) is 10.6. The minimum atomic E-state index is -3.46. The van der Waals surface area contributed by atoms with Crippen molar-refractivity contribution >= 4 is 21.7 Å². The first-order valence-electron chi connectivity index (χ1n) is 7.40. The summed E-state index contributed by atoms with van der Waals surface area (Å²) in [4.78, 5) is 24.9. The molecule has 0 saturated heterocycles. The van der Waals surface area contributed by atoms with Crippen LogP contribution in [0.15, 0.2) is 23.1 Å². The van der Waals surface area contributed by atoms with Gasteiger partial charge in [-0.15, -0.1) is 0 Å². The van der Waals surface area contributed by atoms with E-state index in [1.165, 1.54) is 11.0 Å². The van der Waals surface area contributed by atoms with Gasteiger partial charge in [-0.1, -0.05) is 26.8 Å². The van der Waals surface area contributed by atoms with Gasteiger partial charge < -0.3 is 10.0 Å². The number of aliphatic carboxylic acids is 1. The van der Waals surface area contributed by atoms with E-state index in [1.54, 1.807) is 12.1 Å². The lowest BCUT2D eigenvalue weighted by Gasteiger charge is -2.23. The molecule has 0 fully saturated rings. The van der Waals surface area contributed by atoms with E-state index in [0.29, 0.717) is 12.0 Å². The molecule has 0 atom stereocenters. The second-order valence-electron chi connectivity index (χ2n) is 5.92. The highest BCUT2D eigenvalue weighted by molar-refractivity contribution is 7.90. The standard InChI is InChI=1S/C16H23NO5S/c1-5-12-6-7-13(8-14(12)23(4,21)22)16(20)17(9-11(2)3)10-15(18)19/h6-8,11H,5,9-10H2,1-4H3,(H,18,19). The lowest BCUT2D eigenvalue weighted by molar-refractivity contribution is -0.137. The van der Waals surface area contributed by atoms with Crippen LogP contribution in [0.25, 0.3) is 0 Å². The Morgan fingerprint density at radius 1 is 1.26 bits per heavy atom. The smallest absolute Gasteiger partial charge is 0.323 e. The highest BCUT2D eigenvalue weighted by atomic mass is 32.2. The molecule has 0 spiro atoms. The number of sulfone groups is 1. The number of aryl methyl sites for hydroxylation is 1. The van der Waals surface area contributed by atoms with E-state index in [2.05, 4.69) is 0 Å². The molecule has 0 saturated carbocycles. The Labute approximate surface area is 137 Å². The predicted octanol–water partition coefficient (Wildman–Crippen LogP) is 1.84. The second kappa shape index (κ2) is 7.59. The maximum atomic E-state index is 12.6. The topological polar surface area (TPSA) is 91.8 Å². The van der Waals surface area contributed by atoms with Gasteiger partial charge in [-0.3, -0.25) is 9.59 Å². The van der Waals surface area contributed by atoms with Gasteiger partial charge in [-0.05, 0) is 30.0 Å². The highest BCUT2D eigenvalue weighted by Gasteiger charge is 2.22. The van der Waals surface area contributed by atoms with Crippen LogP contribution in [0, 0.1) is 5.92 Å². The van der Waals surface area contributed by atoms with Crippen LogP contribution >= 0.6 is 0 Å². The molecule has 0 aliphatic carbocycles. The quantitative estimate of drug-likeness (QED) is 0.817. The van der Waals surface area contributed by atoms with Gasteiger partial charge in [0.25, 0.3) is 5.91 Å². The summed E-state index contributed by atoms with van der Waals surface area (Å²) in [6, 6.07) is 4.49. The summed E-state index contributed by atoms with van der Waals surface area (Å²) in [6.45, 7) is 5.46. The molecule has 1 rings (SSSR count). The van der Waals surface area contributed by atoms with Gasteiger partial charge in [-0.25, -0.2) is 8.42 Å². The summed E-state index contributed by atoms with van der Waals surface area (Å²) in [5.74, 6) is -1.48. The van der Waals surface area contributed by atoms with Gasteiger partial charge in [0.05, 0.1) is 4.90 Å². The van der Waals surface area contributed by atoms with Gasteiger partial charge in [0.1, 0.15) is 6.54 Å². The first-order valence-corrected chi connectivity index (χ1v) is 9.29. The fourth-order valence-corrected chi connectivity index (χ4v) is 3.36. The zero-order valence-corrected chi connectivity index (χ0v) is 14.7. The number of hydrogen-bond acceptors (Lipinski definition) is 4. The molecule has 0 aromatic heterocycles. The van der Waals surface area contributed by atoms with E-state index >= 15 is 0 Å². The minimum absolute atomic E-state index is 0.0996. The van der Waals surface area contributed by atoms with Crippen molar-refractivity contribution in [3.63, 3.8) is 0 Å². The third-order valence-electron chi connectivity index (χ3n) is 3.29. The number of rotatable bonds is 7. The van der Waals surface area contributed by atoms with Crippen molar-refractivity contribution in [1.29, 1.82) is 0 Å². The van der Waals surface area contributed by atoms with Gasteiger partial charge in [0.2, 0.25) is 0 Å². The molecule has 1 amide bonds. The molecule has 6 nitrogen and oxygen atoms in total. The van der Waals surface area contributed by atoms with Crippen molar-refractivity contribution in [2.75, 3.05) is 19.3 Å². The summed E-state index contributed by atoms with van der Waals surface area (Å²) in [5.41, 5.74) is 0.821. The maximum absolute atomic E-state index is 12.6. The van der Waals surface area contributed by atoms with E-state index in [0.717, 1.165) is 6.26 Å². The zero-order valence-electron chi connectivity index (χ0n) is 13.9. The number of carboxylic acid groups (broad SMARTS) is 1. The minimum Gasteiger partial charge on any atom is -0.480 e. The molecule has 0 unspecified atom stereocenters. The lowest BCUT2D eigenvalue weighted by atomic mass is 10.1. The van der Waals surface area contributed by atoms with Crippen molar-refractivity contribution in [2.24, 2.45) is 5.92 Å². The van der Waals surface area contributed by atoms with Crippen LogP contribution in [0.2, 0.25) is 0 Å². The molecule has 0 aliphatic heterocycles. The molecule has 7 heteroatoms. The van der Waals surface area contributed by atoms with E-state index < -0.39 is 28.3 Å². The molecule has 0 bridgehead atoms. The Morgan fingerprint density at radius 2 is 1.87 bits per heavy atom. The van der Waals surface area contributed by atoms with Gasteiger partial charge in [-0.2, -0.15) is 0 Å². The summed E-state index contributed by atoms with van der Waals surface area (Å²) in [7, 11) is -3.46. The highest BCUT2D eigenvalue weighted by Crippen LogP contribution is 2.20. The molecule has 1 N–H and O–H groups in total. The molecular weight excluding hydrogens is 318 g/mol. The SMILES string of the molecule is CCc1ccc(C(=O)N(CC(=O)O)CC(C)C)cc1S(C)(=O)=O. The molecule has 23 heavy (non-hydrogen) atoms. The van der Waals surface area contributed by atoms with Gasteiger partial charge in [0.15, 0.2) is 9.84 Å². The predicted molar refractivity (Wildman–Crippen MR) is 87.3 cm³/mol. The number of carbonyl (C=O) groups excluding carboxylic acids is 1. The average Bonchev–Trinajstić information content (AvgIpc) is 2.43. The largest absolute Gasteiger partial charge is 0.480 e. The van der Waals surface area contributed by atoms with E-state index in [1.807, 2.05) is 20.8 Å². The Kier molecular flexibility index (Phi) is 6.32. The van der Waals surface area contributed by atoms with E-state index in [-0.39, 0.29) is 22.9 Å². The van der Waals surface area contributed by atoms with E-state index in [4.69, 9.17) is 5.11 Å². The van der Waals surface area contributed by atoms with Crippen LogP contribution in [0.4, 0.5) is 0 Å². The first kappa shape index (κ1) is 19.2. The van der Waals surface area contributed by atoms with Crippen molar-refractivity contribution in [2.45, 2.75) is 32.1 Å². The van der Waals surface area contributed by atoms with Crippen LogP contribution in [0.3, 0.4) is 0 Å². The van der Waals surface area contributed by atoms with Crippen molar-refractivity contribution in [3.8, 4) is 0 Å². The Hall–Kier alpha value is -1.89. The third kappa shape index (κ3) is 5.35. The number of nitrogens with zero attached hydrogens (tertiary/aromatic N) is 1. The number of hydrogen-bond donors (Lipinski definition) is 1. The fourth-order valence-electron chi connectivity index (χ4n) is 2.33. The van der Waals surface area contributed by atoms with Crippen molar-refractivity contribution < 1.29 is 23.1 Å². The van der Waals surface area contributed by atoms with E-state index in [9.17, 15) is 18.0 Å². The number of amides is 1. The molecular formula is C16H23NO5S. The molecule has 0 heterocycles. The second-order valence-corrected chi connectivity index (χ2v) is 7.91. The number of carboxylic acids is 1. The Bertz CT molecular complexity index is 694. The van der Waals surface area contributed by atoms with Crippen molar-refractivity contribution in [3.05, 3.63) is 29.3 Å². The van der Waals surface area contributed by atoms with Crippen molar-refractivity contribution in [1.82, 2.24) is 4.90 Å². The average molecular weight is 341 g/mol. The Morgan fingerprint density at radius 3 is 2.30 bits per heavy atom. The molecule has 0 radical (unpaired) electrons. The lowest BCUT2D eigenvalue weighted by Crippen LogP contribution is -2.38. The van der Waals surface area contributed by atoms with Crippen LogP contribution < -0.4 is 0 Å². The summed E-state index contributed by atoms with van der Waals surface area (Å²) < 4.78 is 23.8. The van der Waals surface area contributed by atoms with Crippen LogP contribution in [0.1, 0.15) is 36.7 Å². The van der Waals surface area contributed by atoms with Crippen LogP contribution in [0.5, 0.6) is 0 Å². The zero-order chi connectivity index (χ0) is 17.8. The van der Waals surface area contributed by atoms with Gasteiger partial charge >= 0.3 is 5.97 Å².